The number of carbonyl (C=O) groups is 1. The molecule has 1 unspecified atom stereocenters. The fraction of sp³-hybridized carbons (Fsp3) is 0.500. The highest BCUT2D eigenvalue weighted by Crippen LogP contribution is 2.47. The second-order valence-corrected chi connectivity index (χ2v) is 5.00. The van der Waals surface area contributed by atoms with Crippen LogP contribution in [0.1, 0.15) is 0 Å². The topological polar surface area (TPSA) is 141 Å². The molecule has 1 atom stereocenters. The summed E-state index contributed by atoms with van der Waals surface area (Å²) in [6, 6.07) is 0. The molecule has 0 aromatic carbocycles. The maximum atomic E-state index is 10.4. The van der Waals surface area contributed by atoms with Gasteiger partial charge in [-0.2, -0.15) is 0 Å². The Hall–Kier alpha value is -0.230. The van der Waals surface area contributed by atoms with Crippen molar-refractivity contribution in [3.8, 4) is 0 Å². The molecule has 12 heavy (non-hydrogen) atoms. The van der Waals surface area contributed by atoms with Gasteiger partial charge in [0.15, 0.2) is 6.35 Å². The fourth-order valence-corrected chi connectivity index (χ4v) is 1.55. The highest BCUT2D eigenvalue weighted by Gasteiger charge is 2.33. The van der Waals surface area contributed by atoms with E-state index in [-0.39, 0.29) is 0 Å². The lowest BCUT2D eigenvalue weighted by Crippen LogP contribution is -2.01. The van der Waals surface area contributed by atoms with Crippen molar-refractivity contribution in [2.75, 3.05) is 6.35 Å². The first-order chi connectivity index (χ1) is 5.15. The van der Waals surface area contributed by atoms with Gasteiger partial charge < -0.3 is 19.8 Å². The minimum Gasteiger partial charge on any atom is -0.472 e. The second kappa shape index (κ2) is 3.66. The van der Waals surface area contributed by atoms with Crippen LogP contribution in [0.5, 0.6) is 0 Å². The summed E-state index contributed by atoms with van der Waals surface area (Å²) in [7, 11) is -9.56. The zero-order valence-corrected chi connectivity index (χ0v) is 7.31. The number of carboxylic acid groups (broad SMARTS) is 1. The molecule has 0 aliphatic carbocycles. The number of hydrogen-bond acceptors (Lipinski definition) is 4. The first-order valence-corrected chi connectivity index (χ1v) is 5.78. The smallest absolute Gasteiger partial charge is 0.436 e. The van der Waals surface area contributed by atoms with Crippen LogP contribution in [-0.4, -0.2) is 31.8 Å². The summed E-state index contributed by atoms with van der Waals surface area (Å²) in [6.07, 6.45) is -1.40. The zero-order chi connectivity index (χ0) is 9.99. The zero-order valence-electron chi connectivity index (χ0n) is 5.52. The van der Waals surface area contributed by atoms with E-state index in [1.54, 1.807) is 0 Å². The van der Waals surface area contributed by atoms with Gasteiger partial charge in [0.05, 0.1) is 0 Å². The van der Waals surface area contributed by atoms with E-state index in [2.05, 4.69) is 4.52 Å². The SMILES string of the molecule is O=C(O)P(=O)(O)OCP(=O)(O)O. The van der Waals surface area contributed by atoms with Gasteiger partial charge in [-0.1, -0.05) is 0 Å². The van der Waals surface area contributed by atoms with Gasteiger partial charge in [-0.25, -0.2) is 9.36 Å². The van der Waals surface area contributed by atoms with Crippen molar-refractivity contribution in [3.63, 3.8) is 0 Å². The van der Waals surface area contributed by atoms with Crippen molar-refractivity contribution in [3.05, 3.63) is 0 Å². The van der Waals surface area contributed by atoms with Gasteiger partial charge >= 0.3 is 20.9 Å². The van der Waals surface area contributed by atoms with Gasteiger partial charge in [0.25, 0.3) is 0 Å². The summed E-state index contributed by atoms with van der Waals surface area (Å²) < 4.78 is 24.0. The standard InChI is InChI=1S/C2H6O8P2/c3-2(4)12(8,9)10-1-11(5,6)7/h1H2,(H,3,4)(H,8,9)(H2,5,6,7). The molecule has 0 heterocycles. The molecule has 0 spiro atoms. The Balaban J connectivity index is 4.21. The van der Waals surface area contributed by atoms with Crippen LogP contribution in [-0.2, 0) is 13.7 Å². The molecule has 0 aromatic rings. The summed E-state index contributed by atoms with van der Waals surface area (Å²) >= 11 is 0. The van der Waals surface area contributed by atoms with Crippen molar-refractivity contribution in [1.82, 2.24) is 0 Å². The van der Waals surface area contributed by atoms with Crippen molar-refractivity contribution in [2.45, 2.75) is 0 Å². The van der Waals surface area contributed by atoms with E-state index in [4.69, 9.17) is 19.8 Å². The van der Waals surface area contributed by atoms with Crippen LogP contribution >= 0.6 is 15.2 Å². The van der Waals surface area contributed by atoms with Gasteiger partial charge in [0, 0.05) is 0 Å². The highest BCUT2D eigenvalue weighted by atomic mass is 31.2. The number of hydrogen-bond donors (Lipinski definition) is 4. The lowest BCUT2D eigenvalue weighted by molar-refractivity contribution is 0.199. The molecule has 0 saturated heterocycles. The molecule has 0 aliphatic rings. The van der Waals surface area contributed by atoms with Crippen LogP contribution in [0.15, 0.2) is 0 Å². The number of rotatable bonds is 4. The predicted molar refractivity (Wildman–Crippen MR) is 35.8 cm³/mol. The molecule has 4 N–H and O–H groups in total. The Morgan fingerprint density at radius 1 is 1.25 bits per heavy atom. The van der Waals surface area contributed by atoms with E-state index in [9.17, 15) is 13.9 Å². The molecule has 0 bridgehead atoms. The van der Waals surface area contributed by atoms with Crippen LogP contribution < -0.4 is 0 Å². The maximum absolute atomic E-state index is 10.4. The van der Waals surface area contributed by atoms with Crippen LogP contribution in [0.25, 0.3) is 0 Å². The summed E-state index contributed by atoms with van der Waals surface area (Å²) in [5.74, 6) is 0. The Kier molecular flexibility index (Phi) is 3.59. The largest absolute Gasteiger partial charge is 0.472 e. The summed E-state index contributed by atoms with van der Waals surface area (Å²) in [5.41, 5.74) is -2.16. The first-order valence-electron chi connectivity index (χ1n) is 2.40. The van der Waals surface area contributed by atoms with Gasteiger partial charge in [0.1, 0.15) is 0 Å². The average molecular weight is 220 g/mol. The van der Waals surface area contributed by atoms with Crippen LogP contribution in [0.4, 0.5) is 4.79 Å². The normalized spacial score (nSPS) is 16.9. The predicted octanol–water partition coefficient (Wildman–Crippen LogP) is 0.00160. The van der Waals surface area contributed by atoms with Crippen molar-refractivity contribution in [2.24, 2.45) is 0 Å². The van der Waals surface area contributed by atoms with Crippen LogP contribution in [0.3, 0.4) is 0 Å². The van der Waals surface area contributed by atoms with Crippen molar-refractivity contribution >= 4 is 20.9 Å². The molecule has 0 fully saturated rings. The van der Waals surface area contributed by atoms with Crippen molar-refractivity contribution in [1.29, 1.82) is 0 Å². The minimum absolute atomic E-state index is 1.40. The monoisotopic (exact) mass is 220 g/mol. The van der Waals surface area contributed by atoms with Crippen LogP contribution in [0.2, 0.25) is 0 Å². The van der Waals surface area contributed by atoms with Gasteiger partial charge in [-0.3, -0.25) is 9.09 Å². The third kappa shape index (κ3) is 4.61. The van der Waals surface area contributed by atoms with Gasteiger partial charge in [0.2, 0.25) is 0 Å². The average Bonchev–Trinajstić information content (AvgIpc) is 1.82. The molecule has 0 aromatic heterocycles. The lowest BCUT2D eigenvalue weighted by Gasteiger charge is -2.07. The Morgan fingerprint density at radius 2 is 1.67 bits per heavy atom. The molecule has 8 nitrogen and oxygen atoms in total. The van der Waals surface area contributed by atoms with E-state index < -0.39 is 27.2 Å². The van der Waals surface area contributed by atoms with E-state index >= 15 is 0 Å². The summed E-state index contributed by atoms with van der Waals surface area (Å²) in [4.78, 5) is 34.4. The van der Waals surface area contributed by atoms with Gasteiger partial charge in [-0.15, -0.1) is 0 Å². The Bertz CT molecular complexity index is 262. The summed E-state index contributed by atoms with van der Waals surface area (Å²) in [6.45, 7) is 0. The maximum Gasteiger partial charge on any atom is 0.436 e. The second-order valence-electron chi connectivity index (χ2n) is 1.73. The molecule has 0 aliphatic heterocycles. The fourth-order valence-electron chi connectivity index (χ4n) is 0.209. The lowest BCUT2D eigenvalue weighted by atomic mass is 11.6. The third-order valence-electron chi connectivity index (χ3n) is 0.643. The molecular formula is C2H6O8P2. The molecule has 0 saturated carbocycles. The molecular weight excluding hydrogens is 214 g/mol. The van der Waals surface area contributed by atoms with E-state index in [1.165, 1.54) is 0 Å². The summed E-state index contributed by atoms with van der Waals surface area (Å²) in [5, 5.41) is 7.95. The molecule has 0 rings (SSSR count). The Labute approximate surface area is 66.5 Å². The van der Waals surface area contributed by atoms with E-state index in [0.717, 1.165) is 0 Å². The quantitative estimate of drug-likeness (QED) is 0.485. The van der Waals surface area contributed by atoms with E-state index in [1.807, 2.05) is 0 Å². The molecule has 10 heteroatoms. The van der Waals surface area contributed by atoms with Gasteiger partial charge in [-0.05, 0) is 0 Å². The molecule has 72 valence electrons. The van der Waals surface area contributed by atoms with Crippen molar-refractivity contribution < 1.29 is 38.2 Å². The third-order valence-corrected chi connectivity index (χ3v) is 2.27. The van der Waals surface area contributed by atoms with E-state index in [0.29, 0.717) is 0 Å². The first kappa shape index (κ1) is 11.8. The molecule has 0 amide bonds. The van der Waals surface area contributed by atoms with Crippen LogP contribution in [0, 0.1) is 0 Å². The Morgan fingerprint density at radius 3 is 1.92 bits per heavy atom. The molecule has 0 radical (unpaired) electrons. The minimum atomic E-state index is -4.94. The highest BCUT2D eigenvalue weighted by molar-refractivity contribution is 7.70.